The first-order valence-corrected chi connectivity index (χ1v) is 13.3. The van der Waals surface area contributed by atoms with Crippen molar-refractivity contribution < 1.29 is 14.3 Å². The van der Waals surface area contributed by atoms with Crippen LogP contribution in [0.4, 0.5) is 5.69 Å². The van der Waals surface area contributed by atoms with Crippen molar-refractivity contribution in [2.24, 2.45) is 5.92 Å². The zero-order valence-electron chi connectivity index (χ0n) is 20.8. The summed E-state index contributed by atoms with van der Waals surface area (Å²) in [5.41, 5.74) is 0.956. The summed E-state index contributed by atoms with van der Waals surface area (Å²) >= 11 is 13.5. The van der Waals surface area contributed by atoms with E-state index in [-0.39, 0.29) is 28.5 Å². The Labute approximate surface area is 230 Å². The molecule has 0 saturated carbocycles. The number of hydrogen-bond donors (Lipinski definition) is 2. The smallest absolute Gasteiger partial charge is 0.253 e. The molecule has 196 valence electrons. The highest BCUT2D eigenvalue weighted by Gasteiger charge is 2.25. The van der Waals surface area contributed by atoms with Gasteiger partial charge in [0.05, 0.1) is 29.5 Å². The van der Waals surface area contributed by atoms with E-state index in [1.807, 2.05) is 4.57 Å². The van der Waals surface area contributed by atoms with Crippen molar-refractivity contribution in [3.63, 3.8) is 0 Å². The van der Waals surface area contributed by atoms with Gasteiger partial charge in [-0.1, -0.05) is 61.0 Å². The number of allylic oxidation sites excluding steroid dienone is 1. The lowest BCUT2D eigenvalue weighted by Gasteiger charge is -2.21. The van der Waals surface area contributed by atoms with E-state index in [1.54, 1.807) is 49.6 Å². The number of nitrogens with one attached hydrogen (secondary N) is 2. The van der Waals surface area contributed by atoms with Gasteiger partial charge in [0.25, 0.3) is 5.91 Å². The molecule has 2 aromatic carbocycles. The van der Waals surface area contributed by atoms with Crippen molar-refractivity contribution in [1.29, 1.82) is 0 Å². The zero-order chi connectivity index (χ0) is 26.9. The van der Waals surface area contributed by atoms with Crippen molar-refractivity contribution in [3.8, 4) is 5.75 Å². The quantitative estimate of drug-likeness (QED) is 0.207. The Morgan fingerprint density at radius 3 is 2.65 bits per heavy atom. The molecule has 0 saturated heterocycles. The van der Waals surface area contributed by atoms with E-state index in [4.69, 9.17) is 27.9 Å². The van der Waals surface area contributed by atoms with Gasteiger partial charge in [0.1, 0.15) is 5.75 Å². The first-order chi connectivity index (χ1) is 17.7. The minimum atomic E-state index is -0.438. The fourth-order valence-electron chi connectivity index (χ4n) is 3.60. The summed E-state index contributed by atoms with van der Waals surface area (Å²) in [5, 5.41) is 15.8. The van der Waals surface area contributed by atoms with E-state index >= 15 is 0 Å². The molecule has 1 aromatic heterocycles. The molecular weight excluding hydrogens is 533 g/mol. The van der Waals surface area contributed by atoms with E-state index in [2.05, 4.69) is 41.3 Å². The second-order valence-electron chi connectivity index (χ2n) is 8.59. The Bertz CT molecular complexity index is 1260. The first kappa shape index (κ1) is 28.6. The molecule has 0 aliphatic rings. The lowest BCUT2D eigenvalue weighted by molar-refractivity contribution is -0.113. The molecule has 0 aliphatic heterocycles. The normalized spacial score (nSPS) is 11.7. The molecule has 0 spiro atoms. The fourth-order valence-corrected chi connectivity index (χ4v) is 4.85. The largest absolute Gasteiger partial charge is 0.497 e. The number of hydrogen-bond acceptors (Lipinski definition) is 6. The second kappa shape index (κ2) is 13.5. The number of methoxy groups -OCH3 is 1. The molecule has 0 aliphatic carbocycles. The van der Waals surface area contributed by atoms with Gasteiger partial charge >= 0.3 is 0 Å². The summed E-state index contributed by atoms with van der Waals surface area (Å²) in [6.07, 6.45) is 2.34. The molecule has 0 unspecified atom stereocenters. The van der Waals surface area contributed by atoms with Crippen molar-refractivity contribution >= 4 is 52.5 Å². The molecule has 8 nitrogen and oxygen atoms in total. The third-order valence-corrected chi connectivity index (χ3v) is 6.76. The number of anilines is 1. The lowest BCUT2D eigenvalue weighted by atomic mass is 10.0. The molecule has 3 rings (SSSR count). The van der Waals surface area contributed by atoms with Crippen molar-refractivity contribution in [1.82, 2.24) is 20.1 Å². The summed E-state index contributed by atoms with van der Waals surface area (Å²) in [7, 11) is 1.57. The van der Waals surface area contributed by atoms with Gasteiger partial charge in [0, 0.05) is 23.3 Å². The molecule has 1 heterocycles. The van der Waals surface area contributed by atoms with Gasteiger partial charge < -0.3 is 19.9 Å². The van der Waals surface area contributed by atoms with E-state index in [0.717, 1.165) is 0 Å². The lowest BCUT2D eigenvalue weighted by Crippen LogP contribution is -2.32. The van der Waals surface area contributed by atoms with Gasteiger partial charge in [-0.25, -0.2) is 0 Å². The van der Waals surface area contributed by atoms with Crippen LogP contribution >= 0.6 is 35.0 Å². The van der Waals surface area contributed by atoms with Crippen molar-refractivity contribution in [3.05, 3.63) is 76.6 Å². The number of thioether (sulfide) groups is 1. The summed E-state index contributed by atoms with van der Waals surface area (Å²) < 4.78 is 7.05. The summed E-state index contributed by atoms with van der Waals surface area (Å²) in [4.78, 5) is 25.6. The predicted octanol–water partition coefficient (Wildman–Crippen LogP) is 6.03. The van der Waals surface area contributed by atoms with E-state index < -0.39 is 6.04 Å². The van der Waals surface area contributed by atoms with Gasteiger partial charge in [-0.05, 0) is 42.7 Å². The van der Waals surface area contributed by atoms with E-state index in [1.165, 1.54) is 17.8 Å². The van der Waals surface area contributed by atoms with Crippen LogP contribution in [0.25, 0.3) is 0 Å². The molecule has 11 heteroatoms. The van der Waals surface area contributed by atoms with Gasteiger partial charge in [-0.2, -0.15) is 0 Å². The molecule has 2 N–H and O–H groups in total. The molecule has 1 atom stereocenters. The number of halogens is 2. The van der Waals surface area contributed by atoms with Crippen LogP contribution in [0.3, 0.4) is 0 Å². The van der Waals surface area contributed by atoms with E-state index in [0.29, 0.717) is 46.0 Å². The van der Waals surface area contributed by atoms with Crippen LogP contribution in [0.5, 0.6) is 5.75 Å². The molecule has 0 radical (unpaired) electrons. The van der Waals surface area contributed by atoms with Crippen LogP contribution in [0.1, 0.15) is 42.5 Å². The third kappa shape index (κ3) is 7.99. The fraction of sp³-hybridized carbons (Fsp3) is 0.308. The Morgan fingerprint density at radius 1 is 1.19 bits per heavy atom. The highest BCUT2D eigenvalue weighted by Crippen LogP contribution is 2.27. The molecule has 0 fully saturated rings. The minimum absolute atomic E-state index is 0.119. The number of ether oxygens (including phenoxy) is 1. The Hall–Kier alpha value is -3.01. The van der Waals surface area contributed by atoms with Gasteiger partial charge in [-0.15, -0.1) is 16.8 Å². The molecule has 0 bridgehead atoms. The topological polar surface area (TPSA) is 98.1 Å². The summed E-state index contributed by atoms with van der Waals surface area (Å²) in [6.45, 7) is 8.36. The predicted molar refractivity (Wildman–Crippen MR) is 149 cm³/mol. The molecular formula is C26H29Cl2N5O3S. The highest BCUT2D eigenvalue weighted by atomic mass is 35.5. The number of aromatic nitrogens is 3. The second-order valence-corrected chi connectivity index (χ2v) is 10.4. The first-order valence-electron chi connectivity index (χ1n) is 11.6. The summed E-state index contributed by atoms with van der Waals surface area (Å²) in [5.74, 6) is 1.06. The summed E-state index contributed by atoms with van der Waals surface area (Å²) in [6, 6.07) is 11.4. The number of carbonyl (C=O) groups is 2. The maximum absolute atomic E-state index is 13.1. The van der Waals surface area contributed by atoms with Crippen LogP contribution < -0.4 is 15.4 Å². The van der Waals surface area contributed by atoms with Crippen LogP contribution in [0.15, 0.2) is 60.3 Å². The van der Waals surface area contributed by atoms with Crippen molar-refractivity contribution in [2.75, 3.05) is 18.2 Å². The van der Waals surface area contributed by atoms with Crippen LogP contribution in [-0.2, 0) is 11.3 Å². The molecule has 37 heavy (non-hydrogen) atoms. The third-order valence-electron chi connectivity index (χ3n) is 5.24. The van der Waals surface area contributed by atoms with Gasteiger partial charge in [0.15, 0.2) is 11.0 Å². The maximum atomic E-state index is 13.1. The number of amides is 2. The highest BCUT2D eigenvalue weighted by molar-refractivity contribution is 7.99. The maximum Gasteiger partial charge on any atom is 0.253 e. The SMILES string of the molecule is C=CCn1c(SCC(=O)Nc2cccc(OC)c2)nnc1[C@@H](CC(C)C)NC(=O)c1ccc(Cl)cc1Cl. The standard InChI is InChI=1S/C26H29Cl2N5O3S/c1-5-11-33-24(22(12-16(2)3)30-25(35)20-10-9-17(27)13-21(20)28)31-32-26(33)37-15-23(34)29-18-7-6-8-19(14-18)36-4/h5-10,13-14,16,22H,1,11-12,15H2,2-4H3,(H,29,34)(H,30,35)/t22-/m1/s1. The average Bonchev–Trinajstić information content (AvgIpc) is 3.24. The average molecular weight is 563 g/mol. The minimum Gasteiger partial charge on any atom is -0.497 e. The van der Waals surface area contributed by atoms with Crippen LogP contribution in [0, 0.1) is 5.92 Å². The van der Waals surface area contributed by atoms with Crippen LogP contribution in [-0.4, -0.2) is 39.4 Å². The number of benzene rings is 2. The number of nitrogens with zero attached hydrogens (tertiary/aromatic N) is 3. The van der Waals surface area contributed by atoms with Gasteiger partial charge in [0.2, 0.25) is 5.91 Å². The van der Waals surface area contributed by atoms with Crippen molar-refractivity contribution in [2.45, 2.75) is 38.0 Å². The van der Waals surface area contributed by atoms with Gasteiger partial charge in [-0.3, -0.25) is 9.59 Å². The molecule has 2 amide bonds. The monoisotopic (exact) mass is 561 g/mol. The zero-order valence-corrected chi connectivity index (χ0v) is 23.2. The Morgan fingerprint density at radius 2 is 1.97 bits per heavy atom. The molecule has 3 aromatic rings. The Kier molecular flexibility index (Phi) is 10.4. The van der Waals surface area contributed by atoms with E-state index in [9.17, 15) is 9.59 Å². The van der Waals surface area contributed by atoms with Crippen LogP contribution in [0.2, 0.25) is 10.0 Å². The number of carbonyl (C=O) groups excluding carboxylic acids is 2. The Balaban J connectivity index is 1.78. The number of rotatable bonds is 12.